The minimum absolute atomic E-state index is 0.0474. The Morgan fingerprint density at radius 3 is 2.32 bits per heavy atom. The number of carbonyl (C=O) groups excluding carboxylic acids is 1. The van der Waals surface area contributed by atoms with Gasteiger partial charge in [0.15, 0.2) is 0 Å². The molecule has 2 aromatic carbocycles. The van der Waals surface area contributed by atoms with E-state index in [-0.39, 0.29) is 35.8 Å². The quantitative estimate of drug-likeness (QED) is 0.470. The van der Waals surface area contributed by atoms with Crippen LogP contribution in [-0.2, 0) is 40.5 Å². The first-order valence-corrected chi connectivity index (χ1v) is 11.4. The first kappa shape index (κ1) is 25.2. The smallest absolute Gasteiger partial charge is 0.378 e. The van der Waals surface area contributed by atoms with E-state index in [2.05, 4.69) is 5.32 Å². The van der Waals surface area contributed by atoms with E-state index in [1.807, 2.05) is 0 Å². The third kappa shape index (κ3) is 6.12. The van der Waals surface area contributed by atoms with Crippen molar-refractivity contribution in [2.75, 3.05) is 7.11 Å². The van der Waals surface area contributed by atoms with Gasteiger partial charge in [0, 0.05) is 19.3 Å². The molecule has 1 aromatic heterocycles. The molecule has 0 fully saturated rings. The number of halogens is 3. The zero-order chi connectivity index (χ0) is 24.9. The summed E-state index contributed by atoms with van der Waals surface area (Å²) in [5, 5.41) is 2.60. The van der Waals surface area contributed by atoms with Crippen molar-refractivity contribution < 1.29 is 31.1 Å². The van der Waals surface area contributed by atoms with E-state index < -0.39 is 33.9 Å². The molecule has 0 atom stereocenters. The Balaban J connectivity index is 1.89. The monoisotopic (exact) mass is 494 g/mol. The fourth-order valence-electron chi connectivity index (χ4n) is 3.30. The molecule has 0 aliphatic carbocycles. The highest BCUT2D eigenvalue weighted by Gasteiger charge is 2.31. The van der Waals surface area contributed by atoms with Gasteiger partial charge in [-0.2, -0.15) is 13.2 Å². The van der Waals surface area contributed by atoms with Gasteiger partial charge >= 0.3 is 6.18 Å². The summed E-state index contributed by atoms with van der Waals surface area (Å²) >= 11 is 0. The molecule has 0 spiro atoms. The number of nitrogens with zero attached hydrogens (tertiary/aromatic N) is 1. The molecule has 180 valence electrons. The predicted octanol–water partition coefficient (Wildman–Crippen LogP) is 3.04. The first-order valence-electron chi connectivity index (χ1n) is 9.99. The standard InChI is InChI=1S/C23H21F3N2O5S/c1-33-13-19-9-10-20(21(29)27-12-15-5-7-16(8-6-15)14-34(31)32)22(30)28(19)18-4-2-3-17(11-18)23(24,25)26/h2-11,34H,12-14H2,1H3,(H,27,29). The molecule has 0 aliphatic heterocycles. The average Bonchev–Trinajstić information content (AvgIpc) is 2.78. The van der Waals surface area contributed by atoms with E-state index in [0.717, 1.165) is 16.7 Å². The Morgan fingerprint density at radius 1 is 1.03 bits per heavy atom. The van der Waals surface area contributed by atoms with Crippen molar-refractivity contribution in [2.24, 2.45) is 0 Å². The second-order valence-corrected chi connectivity index (χ2v) is 8.33. The van der Waals surface area contributed by atoms with Gasteiger partial charge in [0.25, 0.3) is 11.5 Å². The summed E-state index contributed by atoms with van der Waals surface area (Å²) in [7, 11) is -1.18. The van der Waals surface area contributed by atoms with Crippen LogP contribution in [0.3, 0.4) is 0 Å². The van der Waals surface area contributed by atoms with Crippen LogP contribution >= 0.6 is 0 Å². The Hall–Kier alpha value is -3.44. The number of benzene rings is 2. The molecule has 1 amide bonds. The van der Waals surface area contributed by atoms with Crippen LogP contribution in [0.25, 0.3) is 5.69 Å². The molecule has 0 saturated heterocycles. The molecule has 3 rings (SSSR count). The summed E-state index contributed by atoms with van der Waals surface area (Å²) in [5.41, 5.74) is -0.473. The topological polar surface area (TPSA) is 94.5 Å². The molecule has 11 heteroatoms. The average molecular weight is 494 g/mol. The zero-order valence-electron chi connectivity index (χ0n) is 18.0. The number of carbonyl (C=O) groups is 1. The van der Waals surface area contributed by atoms with Crippen LogP contribution in [-0.4, -0.2) is 26.0 Å². The lowest BCUT2D eigenvalue weighted by Crippen LogP contribution is -2.33. The molecule has 3 aromatic rings. The van der Waals surface area contributed by atoms with Gasteiger partial charge in [-0.05, 0) is 41.5 Å². The fourth-order valence-corrected chi connectivity index (χ4v) is 3.81. The lowest BCUT2D eigenvalue weighted by atomic mass is 10.1. The number of amides is 1. The molecule has 0 radical (unpaired) electrons. The number of hydrogen-bond donors (Lipinski definition) is 2. The van der Waals surface area contributed by atoms with Crippen LogP contribution in [0.4, 0.5) is 13.2 Å². The molecular formula is C23H21F3N2O5S. The second-order valence-electron chi connectivity index (χ2n) is 7.35. The number of alkyl halides is 3. The highest BCUT2D eigenvalue weighted by atomic mass is 32.2. The largest absolute Gasteiger partial charge is 0.416 e. The number of ether oxygens (including phenoxy) is 1. The minimum atomic E-state index is -4.60. The van der Waals surface area contributed by atoms with Crippen LogP contribution < -0.4 is 10.9 Å². The normalized spacial score (nSPS) is 11.6. The van der Waals surface area contributed by atoms with Crippen LogP contribution in [0, 0.1) is 0 Å². The molecule has 0 saturated carbocycles. The van der Waals surface area contributed by atoms with E-state index >= 15 is 0 Å². The highest BCUT2D eigenvalue weighted by Crippen LogP contribution is 2.30. The van der Waals surface area contributed by atoms with Crippen molar-refractivity contribution in [3.63, 3.8) is 0 Å². The van der Waals surface area contributed by atoms with Gasteiger partial charge in [0.05, 0.1) is 23.6 Å². The maximum atomic E-state index is 13.2. The maximum absolute atomic E-state index is 13.2. The van der Waals surface area contributed by atoms with E-state index in [1.54, 1.807) is 24.3 Å². The molecule has 1 heterocycles. The van der Waals surface area contributed by atoms with Gasteiger partial charge in [-0.25, -0.2) is 8.42 Å². The van der Waals surface area contributed by atoms with Crippen molar-refractivity contribution in [3.05, 3.63) is 99.0 Å². The van der Waals surface area contributed by atoms with E-state index in [4.69, 9.17) is 4.74 Å². The second kappa shape index (κ2) is 10.7. The molecule has 0 unspecified atom stereocenters. The van der Waals surface area contributed by atoms with Gasteiger partial charge in [0.1, 0.15) is 16.3 Å². The van der Waals surface area contributed by atoms with Crippen molar-refractivity contribution in [1.29, 1.82) is 0 Å². The number of nitrogens with one attached hydrogen (secondary N) is 1. The third-order valence-electron chi connectivity index (χ3n) is 4.92. The third-order valence-corrected chi connectivity index (χ3v) is 5.54. The summed E-state index contributed by atoms with van der Waals surface area (Å²) in [5.74, 6) is -0.799. The highest BCUT2D eigenvalue weighted by molar-refractivity contribution is 7.71. The number of hydrogen-bond acceptors (Lipinski definition) is 5. The molecular weight excluding hydrogens is 473 g/mol. The van der Waals surface area contributed by atoms with Gasteiger partial charge in [0.2, 0.25) is 0 Å². The number of methoxy groups -OCH3 is 1. The van der Waals surface area contributed by atoms with E-state index in [9.17, 15) is 31.2 Å². The molecule has 7 nitrogen and oxygen atoms in total. The molecule has 1 N–H and O–H groups in total. The predicted molar refractivity (Wildman–Crippen MR) is 119 cm³/mol. The lowest BCUT2D eigenvalue weighted by molar-refractivity contribution is -0.137. The van der Waals surface area contributed by atoms with Gasteiger partial charge < -0.3 is 10.1 Å². The summed E-state index contributed by atoms with van der Waals surface area (Å²) in [6.45, 7) is 0.0000896. The Kier molecular flexibility index (Phi) is 7.90. The maximum Gasteiger partial charge on any atom is 0.416 e. The minimum Gasteiger partial charge on any atom is -0.378 e. The molecule has 0 bridgehead atoms. The Labute approximate surface area is 194 Å². The lowest BCUT2D eigenvalue weighted by Gasteiger charge is -2.16. The van der Waals surface area contributed by atoms with Gasteiger partial charge in [-0.3, -0.25) is 14.2 Å². The van der Waals surface area contributed by atoms with Gasteiger partial charge in [-0.1, -0.05) is 30.3 Å². The van der Waals surface area contributed by atoms with Crippen molar-refractivity contribution in [2.45, 2.75) is 25.1 Å². The summed E-state index contributed by atoms with van der Waals surface area (Å²) in [6, 6.07) is 13.5. The molecule has 34 heavy (non-hydrogen) atoms. The fraction of sp³-hybridized carbons (Fsp3) is 0.217. The van der Waals surface area contributed by atoms with Crippen LogP contribution in [0.15, 0.2) is 65.5 Å². The van der Waals surface area contributed by atoms with Gasteiger partial charge in [-0.15, -0.1) is 0 Å². The summed E-state index contributed by atoms with van der Waals surface area (Å²) in [6.07, 6.45) is -4.60. The van der Waals surface area contributed by atoms with Crippen LogP contribution in [0.2, 0.25) is 0 Å². The van der Waals surface area contributed by atoms with E-state index in [0.29, 0.717) is 11.1 Å². The Bertz CT molecular complexity index is 1310. The summed E-state index contributed by atoms with van der Waals surface area (Å²) < 4.78 is 67.2. The van der Waals surface area contributed by atoms with Crippen LogP contribution in [0.1, 0.15) is 32.7 Å². The van der Waals surface area contributed by atoms with Crippen LogP contribution in [0.5, 0.6) is 0 Å². The number of aromatic nitrogens is 1. The summed E-state index contributed by atoms with van der Waals surface area (Å²) in [4.78, 5) is 25.8. The van der Waals surface area contributed by atoms with E-state index in [1.165, 1.54) is 31.4 Å². The van der Waals surface area contributed by atoms with Crippen molar-refractivity contribution in [3.8, 4) is 5.69 Å². The number of rotatable bonds is 8. The number of pyridine rings is 1. The SMILES string of the molecule is COCc1ccc(C(=O)NCc2ccc(C[SH](=O)=O)cc2)c(=O)n1-c1cccc(C(F)(F)F)c1. The molecule has 0 aliphatic rings. The Morgan fingerprint density at radius 2 is 1.71 bits per heavy atom. The van der Waals surface area contributed by atoms with Crippen molar-refractivity contribution >= 4 is 16.6 Å². The number of thiol groups is 1. The van der Waals surface area contributed by atoms with Crippen molar-refractivity contribution in [1.82, 2.24) is 9.88 Å². The zero-order valence-corrected chi connectivity index (χ0v) is 18.9. The first-order chi connectivity index (χ1) is 16.1.